The minimum Gasteiger partial charge on any atom is -0.327 e. The highest BCUT2D eigenvalue weighted by Gasteiger charge is 2.39. The van der Waals surface area contributed by atoms with E-state index in [0.29, 0.717) is 12.0 Å². The summed E-state index contributed by atoms with van der Waals surface area (Å²) in [6, 6.07) is 1.33. The van der Waals surface area contributed by atoms with Crippen molar-refractivity contribution in [1.82, 2.24) is 4.90 Å². The molecule has 0 amide bonds. The molecule has 3 rings (SSSR count). The zero-order valence-corrected chi connectivity index (χ0v) is 12.0. The third-order valence-electron chi connectivity index (χ3n) is 6.20. The van der Waals surface area contributed by atoms with Gasteiger partial charge < -0.3 is 10.6 Å². The molecule has 2 unspecified atom stereocenters. The average Bonchev–Trinajstić information content (AvgIpc) is 2.82. The fraction of sp³-hybridized carbons (Fsp3) is 1.00. The van der Waals surface area contributed by atoms with Crippen molar-refractivity contribution < 1.29 is 0 Å². The van der Waals surface area contributed by atoms with Gasteiger partial charge in [-0.2, -0.15) is 0 Å². The van der Waals surface area contributed by atoms with Crippen LogP contribution < -0.4 is 5.73 Å². The number of likely N-dealkylation sites (tertiary alicyclic amines) is 1. The fourth-order valence-electron chi connectivity index (χ4n) is 4.73. The van der Waals surface area contributed by atoms with Crippen LogP contribution in [0.25, 0.3) is 0 Å². The summed E-state index contributed by atoms with van der Waals surface area (Å²) in [5, 5.41) is 0. The van der Waals surface area contributed by atoms with E-state index in [0.717, 1.165) is 11.5 Å². The van der Waals surface area contributed by atoms with Crippen molar-refractivity contribution in [3.05, 3.63) is 0 Å². The second-order valence-electron chi connectivity index (χ2n) is 7.36. The van der Waals surface area contributed by atoms with Crippen LogP contribution in [0.4, 0.5) is 0 Å². The van der Waals surface area contributed by atoms with Crippen LogP contribution in [0.2, 0.25) is 0 Å². The number of nitrogens with two attached hydrogens (primary N) is 1. The van der Waals surface area contributed by atoms with Crippen LogP contribution in [0, 0.1) is 11.3 Å². The van der Waals surface area contributed by atoms with Crippen LogP contribution in [-0.2, 0) is 0 Å². The zero-order valence-electron chi connectivity index (χ0n) is 12.0. The van der Waals surface area contributed by atoms with Crippen LogP contribution in [0.1, 0.15) is 64.7 Å². The molecular weight excluding hydrogens is 220 g/mol. The Morgan fingerprint density at radius 1 is 1.00 bits per heavy atom. The first kappa shape index (κ1) is 12.9. The van der Waals surface area contributed by atoms with E-state index in [2.05, 4.69) is 11.8 Å². The summed E-state index contributed by atoms with van der Waals surface area (Å²) < 4.78 is 0. The van der Waals surface area contributed by atoms with Crippen molar-refractivity contribution in [2.75, 3.05) is 13.1 Å². The zero-order chi connectivity index (χ0) is 12.6. The molecule has 1 heterocycles. The monoisotopic (exact) mass is 250 g/mol. The van der Waals surface area contributed by atoms with Crippen LogP contribution in [-0.4, -0.2) is 30.1 Å². The lowest BCUT2D eigenvalue weighted by Gasteiger charge is -2.45. The SMILES string of the molecule is CC1CN(C2CCC3(CCCC3)CC2)CCC1N. The van der Waals surface area contributed by atoms with Crippen molar-refractivity contribution >= 4 is 0 Å². The summed E-state index contributed by atoms with van der Waals surface area (Å²) in [5.41, 5.74) is 6.92. The highest BCUT2D eigenvalue weighted by molar-refractivity contribution is 4.93. The fourth-order valence-corrected chi connectivity index (χ4v) is 4.73. The first-order chi connectivity index (χ1) is 8.69. The average molecular weight is 250 g/mol. The Morgan fingerprint density at radius 3 is 2.28 bits per heavy atom. The molecule has 1 spiro atoms. The molecule has 3 aliphatic rings. The molecule has 104 valence electrons. The smallest absolute Gasteiger partial charge is 0.00958 e. The molecule has 2 nitrogen and oxygen atoms in total. The highest BCUT2D eigenvalue weighted by Crippen LogP contribution is 2.49. The van der Waals surface area contributed by atoms with E-state index in [1.807, 2.05) is 0 Å². The van der Waals surface area contributed by atoms with Gasteiger partial charge in [0, 0.05) is 18.6 Å². The highest BCUT2D eigenvalue weighted by atomic mass is 15.2. The Kier molecular flexibility index (Phi) is 3.68. The number of rotatable bonds is 1. The van der Waals surface area contributed by atoms with Crippen molar-refractivity contribution in [2.45, 2.75) is 76.8 Å². The lowest BCUT2D eigenvalue weighted by molar-refractivity contribution is 0.0567. The molecule has 1 aliphatic heterocycles. The van der Waals surface area contributed by atoms with Crippen molar-refractivity contribution in [2.24, 2.45) is 17.1 Å². The molecule has 3 fully saturated rings. The van der Waals surface area contributed by atoms with Gasteiger partial charge in [-0.15, -0.1) is 0 Å². The normalized spacial score (nSPS) is 38.3. The molecule has 2 aliphatic carbocycles. The van der Waals surface area contributed by atoms with Gasteiger partial charge in [-0.05, 0) is 62.8 Å². The quantitative estimate of drug-likeness (QED) is 0.774. The number of nitrogens with zero attached hydrogens (tertiary/aromatic N) is 1. The van der Waals surface area contributed by atoms with Crippen LogP contribution in [0.15, 0.2) is 0 Å². The molecule has 2 N–H and O–H groups in total. The maximum atomic E-state index is 6.14. The largest absolute Gasteiger partial charge is 0.327 e. The summed E-state index contributed by atoms with van der Waals surface area (Å²) in [6.07, 6.45) is 13.2. The second-order valence-corrected chi connectivity index (χ2v) is 7.36. The Balaban J connectivity index is 1.53. The molecule has 0 bridgehead atoms. The van der Waals surface area contributed by atoms with Gasteiger partial charge in [-0.1, -0.05) is 19.8 Å². The standard InChI is InChI=1S/C16H30N2/c1-13-12-18(11-6-15(13)17)14-4-9-16(10-5-14)7-2-3-8-16/h13-15H,2-12,17H2,1H3. The third-order valence-corrected chi connectivity index (χ3v) is 6.20. The lowest BCUT2D eigenvalue weighted by Crippen LogP contribution is -2.51. The van der Waals surface area contributed by atoms with Gasteiger partial charge >= 0.3 is 0 Å². The maximum absolute atomic E-state index is 6.14. The van der Waals surface area contributed by atoms with Gasteiger partial charge in [-0.3, -0.25) is 0 Å². The van der Waals surface area contributed by atoms with E-state index in [1.54, 1.807) is 0 Å². The summed E-state index contributed by atoms with van der Waals surface area (Å²) >= 11 is 0. The maximum Gasteiger partial charge on any atom is 0.00958 e. The predicted molar refractivity (Wildman–Crippen MR) is 76.5 cm³/mol. The molecular formula is C16H30N2. The van der Waals surface area contributed by atoms with Crippen LogP contribution in [0.5, 0.6) is 0 Å². The molecule has 0 radical (unpaired) electrons. The minimum absolute atomic E-state index is 0.450. The van der Waals surface area contributed by atoms with Crippen molar-refractivity contribution in [3.63, 3.8) is 0 Å². The van der Waals surface area contributed by atoms with Crippen molar-refractivity contribution in [1.29, 1.82) is 0 Å². The van der Waals surface area contributed by atoms with E-state index in [1.165, 1.54) is 70.9 Å². The predicted octanol–water partition coefficient (Wildman–Crippen LogP) is 3.16. The van der Waals surface area contributed by atoms with E-state index in [-0.39, 0.29) is 0 Å². The lowest BCUT2D eigenvalue weighted by atomic mass is 9.71. The van der Waals surface area contributed by atoms with Gasteiger partial charge in [0.05, 0.1) is 0 Å². The number of hydrogen-bond donors (Lipinski definition) is 1. The summed E-state index contributed by atoms with van der Waals surface area (Å²) in [5.74, 6) is 0.695. The van der Waals surface area contributed by atoms with Crippen LogP contribution >= 0.6 is 0 Å². The summed E-state index contributed by atoms with van der Waals surface area (Å²) in [4.78, 5) is 2.76. The van der Waals surface area contributed by atoms with E-state index in [4.69, 9.17) is 5.73 Å². The number of hydrogen-bond acceptors (Lipinski definition) is 2. The van der Waals surface area contributed by atoms with Gasteiger partial charge in [0.15, 0.2) is 0 Å². The topological polar surface area (TPSA) is 29.3 Å². The minimum atomic E-state index is 0.450. The molecule has 0 aromatic carbocycles. The Morgan fingerprint density at radius 2 is 1.67 bits per heavy atom. The van der Waals surface area contributed by atoms with Gasteiger partial charge in [0.1, 0.15) is 0 Å². The molecule has 0 aromatic rings. The third kappa shape index (κ3) is 2.46. The van der Waals surface area contributed by atoms with Crippen LogP contribution in [0.3, 0.4) is 0 Å². The molecule has 18 heavy (non-hydrogen) atoms. The number of piperidine rings is 1. The van der Waals surface area contributed by atoms with Gasteiger partial charge in [-0.25, -0.2) is 0 Å². The second kappa shape index (κ2) is 5.13. The first-order valence-electron chi connectivity index (χ1n) is 8.18. The Labute approximate surface area is 112 Å². The first-order valence-corrected chi connectivity index (χ1v) is 8.18. The Bertz CT molecular complexity index is 273. The molecule has 0 aromatic heterocycles. The molecule has 2 atom stereocenters. The van der Waals surface area contributed by atoms with E-state index >= 15 is 0 Å². The Hall–Kier alpha value is -0.0800. The summed E-state index contributed by atoms with van der Waals surface area (Å²) in [7, 11) is 0. The summed E-state index contributed by atoms with van der Waals surface area (Å²) in [6.45, 7) is 4.83. The molecule has 1 saturated heterocycles. The van der Waals surface area contributed by atoms with E-state index < -0.39 is 0 Å². The van der Waals surface area contributed by atoms with E-state index in [9.17, 15) is 0 Å². The van der Waals surface area contributed by atoms with Crippen molar-refractivity contribution in [3.8, 4) is 0 Å². The van der Waals surface area contributed by atoms with Gasteiger partial charge in [0.2, 0.25) is 0 Å². The molecule has 2 saturated carbocycles. The van der Waals surface area contributed by atoms with Gasteiger partial charge in [0.25, 0.3) is 0 Å². The molecule has 2 heteroatoms.